The summed E-state index contributed by atoms with van der Waals surface area (Å²) in [6.45, 7) is 3.70. The molecule has 0 spiro atoms. The molecular formula is C10H11Cl3NO3Ru-3. The predicted octanol–water partition coefficient (Wildman–Crippen LogP) is 4.15. The number of rotatable bonds is 4. The molecule has 8 heteroatoms. The standard InChI is InChI=1S/C10H11NO3.3ClH.Ru/c1-7(2)14-10-5-4-9(11(12)13)6-8(10)3;;;;/h3-7H,1-2H3;3*1H;/p-3. The first-order valence-corrected chi connectivity index (χ1v) is 12.5. The van der Waals surface area contributed by atoms with Crippen LogP contribution in [-0.2, 0) is 11.4 Å². The van der Waals surface area contributed by atoms with E-state index in [9.17, 15) is 10.1 Å². The van der Waals surface area contributed by atoms with Crippen molar-refractivity contribution in [1.29, 1.82) is 0 Å². The molecule has 0 aliphatic carbocycles. The second kappa shape index (κ2) is 6.29. The van der Waals surface area contributed by atoms with Crippen LogP contribution in [0.15, 0.2) is 18.2 Å². The normalized spacial score (nSPS) is 12.3. The Balaban J connectivity index is 3.31. The molecule has 1 aromatic rings. The van der Waals surface area contributed by atoms with Gasteiger partial charge in [0.15, 0.2) is 0 Å². The van der Waals surface area contributed by atoms with Gasteiger partial charge in [-0.05, 0) is 0 Å². The zero-order valence-electron chi connectivity index (χ0n) is 9.55. The van der Waals surface area contributed by atoms with Gasteiger partial charge in [-0.1, -0.05) is 0 Å². The van der Waals surface area contributed by atoms with Gasteiger partial charge in [0.1, 0.15) is 0 Å². The fourth-order valence-corrected chi connectivity index (χ4v) is 3.70. The van der Waals surface area contributed by atoms with E-state index in [0.717, 1.165) is 0 Å². The first-order chi connectivity index (χ1) is 8.19. The van der Waals surface area contributed by atoms with Gasteiger partial charge in [0.2, 0.25) is 0 Å². The summed E-state index contributed by atoms with van der Waals surface area (Å²) in [5, 5.41) is 10.7. The average Bonchev–Trinajstić information content (AvgIpc) is 2.17. The van der Waals surface area contributed by atoms with E-state index in [0.29, 0.717) is 11.3 Å². The van der Waals surface area contributed by atoms with Gasteiger partial charge in [-0.25, -0.2) is 0 Å². The molecule has 0 amide bonds. The van der Waals surface area contributed by atoms with Crippen molar-refractivity contribution in [3.63, 3.8) is 0 Å². The Hall–Kier alpha value is -0.217. The molecule has 1 aromatic carbocycles. The fourth-order valence-electron chi connectivity index (χ4n) is 1.22. The topological polar surface area (TPSA) is 52.4 Å². The van der Waals surface area contributed by atoms with Crippen LogP contribution in [0.25, 0.3) is 0 Å². The van der Waals surface area contributed by atoms with Gasteiger partial charge in [-0.2, -0.15) is 0 Å². The van der Waals surface area contributed by atoms with E-state index in [1.54, 1.807) is 0 Å². The Labute approximate surface area is 119 Å². The number of nitro groups is 1. The van der Waals surface area contributed by atoms with Crippen molar-refractivity contribution in [3.05, 3.63) is 33.9 Å². The number of hydrogen-bond donors (Lipinski definition) is 0. The fraction of sp³-hybridized carbons (Fsp3) is 0.300. The van der Waals surface area contributed by atoms with Crippen molar-refractivity contribution < 1.29 is 21.0 Å². The molecule has 0 aliphatic rings. The summed E-state index contributed by atoms with van der Waals surface area (Å²) >= 11 is -3.36. The third-order valence-electron chi connectivity index (χ3n) is 1.79. The number of halogens is 3. The molecule has 1 rings (SSSR count). The number of non-ortho nitro benzene ring substituents is 1. The zero-order valence-corrected chi connectivity index (χ0v) is 13.6. The van der Waals surface area contributed by atoms with Crippen LogP contribution < -0.4 is 4.74 Å². The van der Waals surface area contributed by atoms with Crippen molar-refractivity contribution in [2.75, 3.05) is 0 Å². The SMILES string of the molecule is CC(C)Oc1ccc([N+](=O)[O-])cc1[CH]=[Ru-3]([Cl])([Cl])[Cl]. The number of nitro benzene ring substituents is 1. The molecule has 0 radical (unpaired) electrons. The van der Waals surface area contributed by atoms with Gasteiger partial charge in [-0.15, -0.1) is 0 Å². The molecule has 18 heavy (non-hydrogen) atoms. The first-order valence-electron chi connectivity index (χ1n) is 4.82. The summed E-state index contributed by atoms with van der Waals surface area (Å²) in [6, 6.07) is 4.22. The Morgan fingerprint density at radius 2 is 2.00 bits per heavy atom. The van der Waals surface area contributed by atoms with Crippen LogP contribution in [0, 0.1) is 10.1 Å². The molecule has 0 N–H and O–H groups in total. The molecule has 0 aliphatic heterocycles. The Kier molecular flexibility index (Phi) is 5.53. The monoisotopic (exact) mass is 400 g/mol. The van der Waals surface area contributed by atoms with Crippen molar-refractivity contribution in [2.24, 2.45) is 0 Å². The summed E-state index contributed by atoms with van der Waals surface area (Å²) in [5.41, 5.74) is 0.385. The van der Waals surface area contributed by atoms with Gasteiger partial charge < -0.3 is 0 Å². The predicted molar refractivity (Wildman–Crippen MR) is 71.6 cm³/mol. The van der Waals surface area contributed by atoms with Crippen LogP contribution in [0.3, 0.4) is 0 Å². The van der Waals surface area contributed by atoms with Crippen LogP contribution in [0.5, 0.6) is 5.75 Å². The van der Waals surface area contributed by atoms with Gasteiger partial charge in [0, 0.05) is 0 Å². The van der Waals surface area contributed by atoms with E-state index in [1.165, 1.54) is 22.8 Å². The van der Waals surface area contributed by atoms with Crippen LogP contribution in [0.2, 0.25) is 0 Å². The third kappa shape index (κ3) is 5.19. The maximum absolute atomic E-state index is 10.7. The molecule has 0 saturated carbocycles. The molecule has 4 nitrogen and oxygen atoms in total. The molecule has 0 bridgehead atoms. The van der Waals surface area contributed by atoms with Crippen LogP contribution >= 0.6 is 29.1 Å². The Bertz CT molecular complexity index is 505. The molecule has 0 aromatic heterocycles. The van der Waals surface area contributed by atoms with Crippen molar-refractivity contribution in [1.82, 2.24) is 0 Å². The second-order valence-corrected chi connectivity index (χ2v) is 15.9. The van der Waals surface area contributed by atoms with Gasteiger partial charge in [0.25, 0.3) is 0 Å². The molecule has 0 unspecified atom stereocenters. The molecule has 0 saturated heterocycles. The summed E-state index contributed by atoms with van der Waals surface area (Å²) in [7, 11) is 17.5. The van der Waals surface area contributed by atoms with E-state index in [1.807, 2.05) is 13.8 Å². The summed E-state index contributed by atoms with van der Waals surface area (Å²) in [5.74, 6) is 0.475. The van der Waals surface area contributed by atoms with E-state index in [2.05, 4.69) is 0 Å². The molecule has 0 atom stereocenters. The number of ether oxygens (including phenoxy) is 1. The van der Waals surface area contributed by atoms with E-state index < -0.39 is 16.3 Å². The van der Waals surface area contributed by atoms with Crippen molar-refractivity contribution in [2.45, 2.75) is 20.0 Å². The molecule has 106 valence electrons. The van der Waals surface area contributed by atoms with Crippen molar-refractivity contribution in [3.8, 4) is 5.75 Å². The minimum absolute atomic E-state index is 0.0639. The number of hydrogen-bond acceptors (Lipinski definition) is 3. The van der Waals surface area contributed by atoms with Crippen molar-refractivity contribution >= 4 is 39.4 Å². The number of nitrogens with zero attached hydrogens (tertiary/aromatic N) is 1. The average molecular weight is 401 g/mol. The van der Waals surface area contributed by atoms with E-state index in [-0.39, 0.29) is 11.8 Å². The van der Waals surface area contributed by atoms with Gasteiger partial charge in [-0.3, -0.25) is 0 Å². The second-order valence-electron chi connectivity index (χ2n) is 3.63. The Morgan fingerprint density at radius 3 is 2.44 bits per heavy atom. The minimum atomic E-state index is -3.36. The molecular weight excluding hydrogens is 390 g/mol. The maximum atomic E-state index is 10.7. The quantitative estimate of drug-likeness (QED) is 0.433. The molecule has 0 fully saturated rings. The van der Waals surface area contributed by atoms with Gasteiger partial charge >= 0.3 is 120 Å². The van der Waals surface area contributed by atoms with E-state index >= 15 is 0 Å². The van der Waals surface area contributed by atoms with Gasteiger partial charge in [0.05, 0.1) is 0 Å². The first kappa shape index (κ1) is 15.8. The van der Waals surface area contributed by atoms with Crippen LogP contribution in [0.1, 0.15) is 19.4 Å². The summed E-state index contributed by atoms with van der Waals surface area (Å²) in [4.78, 5) is 10.2. The third-order valence-corrected chi connectivity index (χ3v) is 4.27. The summed E-state index contributed by atoms with van der Waals surface area (Å²) < 4.78 is 6.97. The van der Waals surface area contributed by atoms with E-state index in [4.69, 9.17) is 33.8 Å². The summed E-state index contributed by atoms with van der Waals surface area (Å²) in [6.07, 6.45) is -0.0700. The van der Waals surface area contributed by atoms with Crippen LogP contribution in [0.4, 0.5) is 5.69 Å². The number of benzene rings is 1. The van der Waals surface area contributed by atoms with Crippen LogP contribution in [-0.4, -0.2) is 15.6 Å². The molecule has 0 heterocycles. The Morgan fingerprint density at radius 1 is 1.39 bits per heavy atom. The zero-order chi connectivity index (χ0) is 13.9.